The van der Waals surface area contributed by atoms with Crippen LogP contribution in [0.25, 0.3) is 5.69 Å². The Morgan fingerprint density at radius 2 is 1.85 bits per heavy atom. The van der Waals surface area contributed by atoms with Gasteiger partial charge in [-0.05, 0) is 49.5 Å². The van der Waals surface area contributed by atoms with Gasteiger partial charge in [0.05, 0.1) is 5.69 Å². The quantitative estimate of drug-likeness (QED) is 0.547. The minimum Gasteiger partial charge on any atom is -0.336 e. The standard InChI is InChI=1S/C26H29N3O2S2/c1-4-27-10-12-28(13-11-27)26(31)24-20-16-23(25-17(2)9-14-32-25)33-22-8-6-5-7-19(22)29(20)18(3)15-21(24)30/h5-9,14-15,23H,4,10-13,16H2,1-3H3/t23-/m1/s1. The number of benzene rings is 1. The number of thioether (sulfide) groups is 1. The van der Waals surface area contributed by atoms with E-state index in [4.69, 9.17) is 0 Å². The first-order valence-electron chi connectivity index (χ1n) is 11.5. The minimum atomic E-state index is -0.160. The third kappa shape index (κ3) is 4.07. The fourth-order valence-corrected chi connectivity index (χ4v) is 7.45. The number of rotatable bonds is 3. The van der Waals surface area contributed by atoms with Crippen molar-refractivity contribution in [2.24, 2.45) is 0 Å². The van der Waals surface area contributed by atoms with Crippen LogP contribution in [0.15, 0.2) is 51.5 Å². The number of thiophene rings is 1. The van der Waals surface area contributed by atoms with Crippen molar-refractivity contribution in [2.45, 2.75) is 37.3 Å². The highest BCUT2D eigenvalue weighted by Crippen LogP contribution is 2.46. The number of aryl methyl sites for hydroxylation is 2. The van der Waals surface area contributed by atoms with Crippen molar-refractivity contribution < 1.29 is 4.79 Å². The van der Waals surface area contributed by atoms with Crippen molar-refractivity contribution in [3.63, 3.8) is 0 Å². The largest absolute Gasteiger partial charge is 0.336 e. The monoisotopic (exact) mass is 479 g/mol. The van der Waals surface area contributed by atoms with Crippen LogP contribution in [0.2, 0.25) is 0 Å². The van der Waals surface area contributed by atoms with Gasteiger partial charge < -0.3 is 14.4 Å². The highest BCUT2D eigenvalue weighted by molar-refractivity contribution is 7.99. The number of fused-ring (bicyclic) bond motifs is 3. The van der Waals surface area contributed by atoms with Crippen LogP contribution in [0.1, 0.15) is 44.4 Å². The third-order valence-electron chi connectivity index (χ3n) is 6.77. The van der Waals surface area contributed by atoms with Crippen molar-refractivity contribution in [3.8, 4) is 5.69 Å². The van der Waals surface area contributed by atoms with Gasteiger partial charge in [0.1, 0.15) is 5.56 Å². The van der Waals surface area contributed by atoms with E-state index in [-0.39, 0.29) is 16.6 Å². The SMILES string of the molecule is CCN1CCN(C(=O)c2c3n(c(C)cc2=O)-c2ccccc2S[C@@H](c2sccc2C)C3)CC1. The Labute approximate surface area is 203 Å². The summed E-state index contributed by atoms with van der Waals surface area (Å²) < 4.78 is 2.15. The molecule has 2 aromatic heterocycles. The lowest BCUT2D eigenvalue weighted by molar-refractivity contribution is 0.0640. The van der Waals surface area contributed by atoms with Gasteiger partial charge in [0.25, 0.3) is 5.91 Å². The Balaban J connectivity index is 1.66. The molecule has 1 atom stereocenters. The van der Waals surface area contributed by atoms with E-state index < -0.39 is 0 Å². The number of amides is 1. The van der Waals surface area contributed by atoms with E-state index in [0.29, 0.717) is 25.1 Å². The summed E-state index contributed by atoms with van der Waals surface area (Å²) in [5.41, 5.74) is 4.23. The Kier molecular flexibility index (Phi) is 6.20. The normalized spacial score (nSPS) is 18.5. The fourth-order valence-electron chi connectivity index (χ4n) is 4.95. The first kappa shape index (κ1) is 22.4. The molecular weight excluding hydrogens is 450 g/mol. The van der Waals surface area contributed by atoms with Crippen molar-refractivity contribution in [2.75, 3.05) is 32.7 Å². The number of pyridine rings is 1. The summed E-state index contributed by atoms with van der Waals surface area (Å²) in [7, 11) is 0. The molecule has 2 aliphatic rings. The number of para-hydroxylation sites is 1. The lowest BCUT2D eigenvalue weighted by Gasteiger charge is -2.34. The summed E-state index contributed by atoms with van der Waals surface area (Å²) in [6, 6.07) is 12.1. The topological polar surface area (TPSA) is 45.5 Å². The summed E-state index contributed by atoms with van der Waals surface area (Å²) in [6.45, 7) is 10.3. The third-order valence-corrected chi connectivity index (χ3v) is 9.33. The maximum atomic E-state index is 13.8. The molecular formula is C26H29N3O2S2. The smallest absolute Gasteiger partial charge is 0.259 e. The van der Waals surface area contributed by atoms with Gasteiger partial charge in [-0.25, -0.2) is 0 Å². The molecule has 0 radical (unpaired) electrons. The number of carbonyl (C=O) groups is 1. The number of nitrogens with zero attached hydrogens (tertiary/aromatic N) is 3. The number of carbonyl (C=O) groups excluding carboxylic acids is 1. The summed E-state index contributed by atoms with van der Waals surface area (Å²) in [6.07, 6.45) is 0.646. The van der Waals surface area contributed by atoms with Crippen LogP contribution < -0.4 is 5.43 Å². The molecule has 1 aromatic carbocycles. The first-order valence-corrected chi connectivity index (χ1v) is 13.3. The van der Waals surface area contributed by atoms with Crippen LogP contribution in [0.3, 0.4) is 0 Å². The van der Waals surface area contributed by atoms with Gasteiger partial charge >= 0.3 is 0 Å². The molecule has 0 N–H and O–H groups in total. The van der Waals surface area contributed by atoms with E-state index in [0.717, 1.165) is 36.7 Å². The minimum absolute atomic E-state index is 0.120. The van der Waals surface area contributed by atoms with E-state index in [1.807, 2.05) is 29.7 Å². The zero-order valence-electron chi connectivity index (χ0n) is 19.3. The second kappa shape index (κ2) is 9.12. The van der Waals surface area contributed by atoms with E-state index in [2.05, 4.69) is 53.0 Å². The second-order valence-corrected chi connectivity index (χ2v) is 11.0. The van der Waals surface area contributed by atoms with Crippen LogP contribution in [-0.4, -0.2) is 53.0 Å². The zero-order valence-corrected chi connectivity index (χ0v) is 21.0. The van der Waals surface area contributed by atoms with Gasteiger partial charge in [-0.3, -0.25) is 9.59 Å². The first-order chi connectivity index (χ1) is 16.0. The molecule has 33 heavy (non-hydrogen) atoms. The number of hydrogen-bond acceptors (Lipinski definition) is 5. The second-order valence-electron chi connectivity index (χ2n) is 8.78. The molecule has 1 saturated heterocycles. The molecule has 172 valence electrons. The van der Waals surface area contributed by atoms with Gasteiger partial charge in [0.2, 0.25) is 0 Å². The molecule has 0 unspecified atom stereocenters. The molecule has 1 amide bonds. The molecule has 3 aromatic rings. The number of aromatic nitrogens is 1. The van der Waals surface area contributed by atoms with Crippen molar-refractivity contribution in [1.82, 2.24) is 14.4 Å². The van der Waals surface area contributed by atoms with E-state index in [1.165, 1.54) is 15.3 Å². The van der Waals surface area contributed by atoms with Gasteiger partial charge in [0.15, 0.2) is 5.43 Å². The number of likely N-dealkylation sites (N-methyl/N-ethyl adjacent to an activating group) is 1. The van der Waals surface area contributed by atoms with Crippen LogP contribution in [0.5, 0.6) is 0 Å². The molecule has 0 bridgehead atoms. The average molecular weight is 480 g/mol. The van der Waals surface area contributed by atoms with Crippen LogP contribution >= 0.6 is 23.1 Å². The molecule has 0 aliphatic carbocycles. The predicted octanol–water partition coefficient (Wildman–Crippen LogP) is 4.68. The van der Waals surface area contributed by atoms with Crippen LogP contribution in [0, 0.1) is 13.8 Å². The number of hydrogen-bond donors (Lipinski definition) is 0. The zero-order chi connectivity index (χ0) is 23.1. The summed E-state index contributed by atoms with van der Waals surface area (Å²) >= 11 is 3.60. The Bertz CT molecular complexity index is 1250. The lowest BCUT2D eigenvalue weighted by Crippen LogP contribution is -2.49. The van der Waals surface area contributed by atoms with Crippen LogP contribution in [-0.2, 0) is 6.42 Å². The fraction of sp³-hybridized carbons (Fsp3) is 0.385. The number of piperazine rings is 1. The van der Waals surface area contributed by atoms with Crippen molar-refractivity contribution in [3.05, 3.63) is 79.4 Å². The highest BCUT2D eigenvalue weighted by atomic mass is 32.2. The van der Waals surface area contributed by atoms with Crippen LogP contribution in [0.4, 0.5) is 0 Å². The molecule has 0 spiro atoms. The maximum absolute atomic E-state index is 13.8. The molecule has 7 heteroatoms. The van der Waals surface area contributed by atoms with E-state index in [9.17, 15) is 9.59 Å². The van der Waals surface area contributed by atoms with E-state index >= 15 is 0 Å². The van der Waals surface area contributed by atoms with Crippen molar-refractivity contribution >= 4 is 29.0 Å². The maximum Gasteiger partial charge on any atom is 0.259 e. The van der Waals surface area contributed by atoms with Gasteiger partial charge in [-0.1, -0.05) is 19.1 Å². The molecule has 5 rings (SSSR count). The molecule has 2 aliphatic heterocycles. The summed E-state index contributed by atoms with van der Waals surface area (Å²) in [5, 5.41) is 2.29. The Hall–Kier alpha value is -2.35. The molecule has 4 heterocycles. The Morgan fingerprint density at radius 1 is 1.09 bits per heavy atom. The highest BCUT2D eigenvalue weighted by Gasteiger charge is 2.32. The Morgan fingerprint density at radius 3 is 2.55 bits per heavy atom. The van der Waals surface area contributed by atoms with Crippen molar-refractivity contribution in [1.29, 1.82) is 0 Å². The lowest BCUT2D eigenvalue weighted by atomic mass is 10.0. The predicted molar refractivity (Wildman–Crippen MR) is 136 cm³/mol. The van der Waals surface area contributed by atoms with Gasteiger partial charge in [-0.15, -0.1) is 23.1 Å². The van der Waals surface area contributed by atoms with Gasteiger partial charge in [-0.2, -0.15) is 0 Å². The average Bonchev–Trinajstić information content (AvgIpc) is 3.16. The molecule has 1 fully saturated rings. The molecule has 0 saturated carbocycles. The summed E-state index contributed by atoms with van der Waals surface area (Å²) in [5.74, 6) is -0.120. The molecule has 5 nitrogen and oxygen atoms in total. The van der Waals surface area contributed by atoms with E-state index in [1.54, 1.807) is 17.4 Å². The van der Waals surface area contributed by atoms with Gasteiger partial charge in [0, 0.05) is 65.1 Å². The summed E-state index contributed by atoms with van der Waals surface area (Å²) in [4.78, 5) is 33.8.